The van der Waals surface area contributed by atoms with E-state index in [0.29, 0.717) is 11.8 Å². The van der Waals surface area contributed by atoms with E-state index in [4.69, 9.17) is 4.74 Å². The number of ether oxygens (including phenoxy) is 1. The molecule has 0 bridgehead atoms. The molecule has 1 unspecified atom stereocenters. The van der Waals surface area contributed by atoms with E-state index in [1.165, 1.54) is 0 Å². The second kappa shape index (κ2) is 7.64. The quantitative estimate of drug-likeness (QED) is 0.837. The Morgan fingerprint density at radius 2 is 1.86 bits per heavy atom. The zero-order valence-corrected chi connectivity index (χ0v) is 15.2. The van der Waals surface area contributed by atoms with Gasteiger partial charge >= 0.3 is 6.09 Å². The van der Waals surface area contributed by atoms with Gasteiger partial charge in [0, 0.05) is 13.1 Å². The summed E-state index contributed by atoms with van der Waals surface area (Å²) in [7, 11) is 0. The van der Waals surface area contributed by atoms with Crippen molar-refractivity contribution in [3.8, 4) is 0 Å². The summed E-state index contributed by atoms with van der Waals surface area (Å²) in [5.74, 6) is 1.36. The Kier molecular flexibility index (Phi) is 6.68. The molecule has 1 saturated heterocycles. The Morgan fingerprint density at radius 1 is 1.27 bits per heavy atom. The fourth-order valence-electron chi connectivity index (χ4n) is 2.79. The van der Waals surface area contributed by atoms with Crippen molar-refractivity contribution in [2.24, 2.45) is 17.8 Å². The van der Waals surface area contributed by atoms with Gasteiger partial charge in [-0.3, -0.25) is 4.90 Å². The van der Waals surface area contributed by atoms with Gasteiger partial charge in [-0.1, -0.05) is 27.7 Å². The van der Waals surface area contributed by atoms with Crippen LogP contribution in [0, 0.1) is 17.8 Å². The molecule has 2 N–H and O–H groups in total. The maximum Gasteiger partial charge on any atom is 0.408 e. The van der Waals surface area contributed by atoms with Gasteiger partial charge in [0.25, 0.3) is 0 Å². The average Bonchev–Trinajstić information content (AvgIpc) is 2.36. The number of aliphatic hydroxyl groups is 1. The zero-order valence-electron chi connectivity index (χ0n) is 15.2. The fraction of sp³-hybridized carbons (Fsp3) is 0.941. The number of rotatable bonds is 4. The Labute approximate surface area is 135 Å². The second-order valence-electron chi connectivity index (χ2n) is 8.07. The van der Waals surface area contributed by atoms with Gasteiger partial charge in [0.05, 0.1) is 6.04 Å². The summed E-state index contributed by atoms with van der Waals surface area (Å²) < 4.78 is 5.31. The van der Waals surface area contributed by atoms with Crippen LogP contribution in [0.15, 0.2) is 0 Å². The largest absolute Gasteiger partial charge is 0.444 e. The van der Waals surface area contributed by atoms with Crippen molar-refractivity contribution in [3.05, 3.63) is 0 Å². The van der Waals surface area contributed by atoms with Crippen molar-refractivity contribution in [1.29, 1.82) is 0 Å². The first-order valence-corrected chi connectivity index (χ1v) is 8.43. The number of nitrogens with one attached hydrogen (secondary N) is 1. The van der Waals surface area contributed by atoms with Crippen LogP contribution in [0.25, 0.3) is 0 Å². The standard InChI is InChI=1S/C17H34N2O3/c1-11(2)14(18-16(21)22-17(5,6)7)15(20)19-9-8-12(3)13(4)10-19/h11-15,20H,8-10H2,1-7H3,(H,18,21)/t12-,13-,14-,15?/m0/s1. The molecule has 1 aliphatic rings. The highest BCUT2D eigenvalue weighted by Crippen LogP contribution is 2.25. The molecule has 0 aromatic rings. The molecule has 1 fully saturated rings. The molecule has 0 saturated carbocycles. The predicted octanol–water partition coefficient (Wildman–Crippen LogP) is 2.83. The predicted molar refractivity (Wildman–Crippen MR) is 88.5 cm³/mol. The van der Waals surface area contributed by atoms with E-state index in [0.717, 1.165) is 19.5 Å². The van der Waals surface area contributed by atoms with Gasteiger partial charge < -0.3 is 15.2 Å². The number of likely N-dealkylation sites (tertiary alicyclic amines) is 1. The van der Waals surface area contributed by atoms with Gasteiger partial charge in [0.15, 0.2) is 0 Å². The lowest BCUT2D eigenvalue weighted by atomic mass is 9.87. The summed E-state index contributed by atoms with van der Waals surface area (Å²) in [5.41, 5.74) is -0.536. The van der Waals surface area contributed by atoms with Crippen LogP contribution in [-0.2, 0) is 4.74 Å². The molecule has 22 heavy (non-hydrogen) atoms. The molecule has 5 nitrogen and oxygen atoms in total. The Hall–Kier alpha value is -0.810. The number of amides is 1. The SMILES string of the molecule is CC(C)[C@H](NC(=O)OC(C)(C)C)C(O)N1CC[C@H](C)[C@@H](C)C1. The van der Waals surface area contributed by atoms with Crippen LogP contribution in [0.5, 0.6) is 0 Å². The third-order valence-electron chi connectivity index (χ3n) is 4.46. The van der Waals surface area contributed by atoms with E-state index >= 15 is 0 Å². The first kappa shape index (κ1) is 19.2. The minimum absolute atomic E-state index is 0.122. The van der Waals surface area contributed by atoms with E-state index in [1.807, 2.05) is 34.6 Å². The number of alkyl carbamates (subject to hydrolysis) is 1. The maximum absolute atomic E-state index is 12.0. The van der Waals surface area contributed by atoms with Crippen LogP contribution in [0.2, 0.25) is 0 Å². The molecule has 130 valence electrons. The van der Waals surface area contributed by atoms with Crippen molar-refractivity contribution in [1.82, 2.24) is 10.2 Å². The lowest BCUT2D eigenvalue weighted by Gasteiger charge is -2.41. The molecule has 0 aromatic carbocycles. The van der Waals surface area contributed by atoms with E-state index in [1.54, 1.807) is 0 Å². The summed E-state index contributed by atoms with van der Waals surface area (Å²) in [6.45, 7) is 15.7. The Balaban J connectivity index is 2.68. The highest BCUT2D eigenvalue weighted by atomic mass is 16.6. The van der Waals surface area contributed by atoms with E-state index in [9.17, 15) is 9.90 Å². The smallest absolute Gasteiger partial charge is 0.408 e. The lowest BCUT2D eigenvalue weighted by molar-refractivity contribution is -0.0630. The monoisotopic (exact) mass is 314 g/mol. The molecule has 0 aromatic heterocycles. The van der Waals surface area contributed by atoms with E-state index < -0.39 is 17.9 Å². The molecule has 1 aliphatic heterocycles. The molecule has 4 atom stereocenters. The fourth-order valence-corrected chi connectivity index (χ4v) is 2.79. The van der Waals surface area contributed by atoms with Crippen molar-refractivity contribution in [2.45, 2.75) is 72.8 Å². The van der Waals surface area contributed by atoms with Gasteiger partial charge in [-0.2, -0.15) is 0 Å². The van der Waals surface area contributed by atoms with E-state index in [2.05, 4.69) is 24.1 Å². The van der Waals surface area contributed by atoms with Crippen LogP contribution in [-0.4, -0.2) is 47.1 Å². The summed E-state index contributed by atoms with van der Waals surface area (Å²) in [6, 6.07) is -0.338. The first-order valence-electron chi connectivity index (χ1n) is 8.43. The van der Waals surface area contributed by atoms with Crippen molar-refractivity contribution in [2.75, 3.05) is 13.1 Å². The molecule has 0 spiro atoms. The average molecular weight is 314 g/mol. The topological polar surface area (TPSA) is 61.8 Å². The summed E-state index contributed by atoms with van der Waals surface area (Å²) in [5, 5.41) is 13.6. The number of carbonyl (C=O) groups excluding carboxylic acids is 1. The summed E-state index contributed by atoms with van der Waals surface area (Å²) in [6.07, 6.45) is -0.0682. The maximum atomic E-state index is 12.0. The van der Waals surface area contributed by atoms with Crippen LogP contribution >= 0.6 is 0 Å². The van der Waals surface area contributed by atoms with E-state index in [-0.39, 0.29) is 12.0 Å². The molecular weight excluding hydrogens is 280 g/mol. The number of piperidine rings is 1. The highest BCUT2D eigenvalue weighted by Gasteiger charge is 2.34. The van der Waals surface area contributed by atoms with Crippen LogP contribution in [0.3, 0.4) is 0 Å². The lowest BCUT2D eigenvalue weighted by Crippen LogP contribution is -2.57. The van der Waals surface area contributed by atoms with Gasteiger partial charge in [-0.05, 0) is 44.9 Å². The number of nitrogens with zero attached hydrogens (tertiary/aromatic N) is 1. The molecule has 5 heteroatoms. The molecule has 1 heterocycles. The normalized spacial score (nSPS) is 26.6. The molecular formula is C17H34N2O3. The third-order valence-corrected chi connectivity index (χ3v) is 4.46. The van der Waals surface area contributed by atoms with Gasteiger partial charge in [-0.15, -0.1) is 0 Å². The molecule has 1 rings (SSSR count). The van der Waals surface area contributed by atoms with Crippen molar-refractivity contribution < 1.29 is 14.6 Å². The molecule has 0 aliphatic carbocycles. The number of hydrogen-bond donors (Lipinski definition) is 2. The van der Waals surface area contributed by atoms with Crippen molar-refractivity contribution in [3.63, 3.8) is 0 Å². The first-order chi connectivity index (χ1) is 10.0. The van der Waals surface area contributed by atoms with Gasteiger partial charge in [0.2, 0.25) is 0 Å². The minimum atomic E-state index is -0.678. The second-order valence-corrected chi connectivity index (χ2v) is 8.07. The van der Waals surface area contributed by atoms with Crippen LogP contribution in [0.4, 0.5) is 4.79 Å². The Morgan fingerprint density at radius 3 is 2.32 bits per heavy atom. The van der Waals surface area contributed by atoms with Gasteiger partial charge in [0.1, 0.15) is 11.8 Å². The van der Waals surface area contributed by atoms with Crippen molar-refractivity contribution >= 4 is 6.09 Å². The number of aliphatic hydroxyl groups excluding tert-OH is 1. The zero-order chi connectivity index (χ0) is 17.1. The number of carbonyl (C=O) groups is 1. The van der Waals surface area contributed by atoms with Crippen LogP contribution in [0.1, 0.15) is 54.9 Å². The Bertz CT molecular complexity index is 365. The molecule has 0 radical (unpaired) electrons. The minimum Gasteiger partial charge on any atom is -0.444 e. The third kappa shape index (κ3) is 5.76. The van der Waals surface area contributed by atoms with Crippen LogP contribution < -0.4 is 5.32 Å². The van der Waals surface area contributed by atoms with Gasteiger partial charge in [-0.25, -0.2) is 4.79 Å². The number of hydrogen-bond acceptors (Lipinski definition) is 4. The molecule has 1 amide bonds. The summed E-state index contributed by atoms with van der Waals surface area (Å²) in [4.78, 5) is 14.1. The summed E-state index contributed by atoms with van der Waals surface area (Å²) >= 11 is 0. The highest BCUT2D eigenvalue weighted by molar-refractivity contribution is 5.68.